The Morgan fingerprint density at radius 2 is 1.80 bits per heavy atom. The number of aromatic hydroxyl groups is 1. The minimum atomic E-state index is -0.623. The van der Waals surface area contributed by atoms with Gasteiger partial charge in [0, 0.05) is 11.6 Å². The van der Waals surface area contributed by atoms with E-state index in [1.807, 2.05) is 30.3 Å². The van der Waals surface area contributed by atoms with Crippen LogP contribution in [0.2, 0.25) is 0 Å². The average Bonchev–Trinajstić information content (AvgIpc) is 2.98. The highest BCUT2D eigenvalue weighted by molar-refractivity contribution is 5.70. The van der Waals surface area contributed by atoms with Gasteiger partial charge < -0.3 is 24.6 Å². The Bertz CT molecular complexity index is 767. The quantitative estimate of drug-likeness (QED) is 0.888. The SMILES string of the molecule is CC(C)(C)OC(=O)NC(c1ccccc1)c1cc2c(cc1O)OCO2. The number of amides is 1. The second-order valence-electron chi connectivity index (χ2n) is 6.75. The molecule has 2 aromatic carbocycles. The van der Waals surface area contributed by atoms with Crippen LogP contribution in [0.1, 0.15) is 37.9 Å². The van der Waals surface area contributed by atoms with Gasteiger partial charge in [-0.2, -0.15) is 0 Å². The van der Waals surface area contributed by atoms with Crippen LogP contribution >= 0.6 is 0 Å². The van der Waals surface area contributed by atoms with E-state index in [4.69, 9.17) is 14.2 Å². The molecule has 132 valence electrons. The molecule has 25 heavy (non-hydrogen) atoms. The topological polar surface area (TPSA) is 77.0 Å². The maximum absolute atomic E-state index is 12.3. The number of phenols is 1. The van der Waals surface area contributed by atoms with E-state index in [1.54, 1.807) is 26.8 Å². The van der Waals surface area contributed by atoms with Crippen LogP contribution in [0.5, 0.6) is 17.2 Å². The first-order valence-electron chi connectivity index (χ1n) is 8.00. The molecule has 2 N–H and O–H groups in total. The Balaban J connectivity index is 1.96. The number of carbonyl (C=O) groups is 1. The molecule has 0 aliphatic carbocycles. The van der Waals surface area contributed by atoms with Crippen molar-refractivity contribution in [1.29, 1.82) is 0 Å². The third-order valence-electron chi connectivity index (χ3n) is 3.63. The molecule has 1 heterocycles. The van der Waals surface area contributed by atoms with Crippen LogP contribution in [0.15, 0.2) is 42.5 Å². The molecule has 1 atom stereocenters. The summed E-state index contributed by atoms with van der Waals surface area (Å²) < 4.78 is 16.0. The number of hydrogen-bond acceptors (Lipinski definition) is 5. The lowest BCUT2D eigenvalue weighted by atomic mass is 9.97. The molecule has 0 bridgehead atoms. The number of carbonyl (C=O) groups excluding carboxylic acids is 1. The zero-order chi connectivity index (χ0) is 18.0. The van der Waals surface area contributed by atoms with E-state index in [9.17, 15) is 9.90 Å². The fraction of sp³-hybridized carbons (Fsp3) is 0.316. The second kappa shape index (κ2) is 6.55. The number of nitrogens with one attached hydrogen (secondary N) is 1. The van der Waals surface area contributed by atoms with E-state index in [2.05, 4.69) is 5.32 Å². The summed E-state index contributed by atoms with van der Waals surface area (Å²) >= 11 is 0. The van der Waals surface area contributed by atoms with E-state index in [-0.39, 0.29) is 12.5 Å². The smallest absolute Gasteiger partial charge is 0.408 e. The van der Waals surface area contributed by atoms with Crippen LogP contribution in [0, 0.1) is 0 Å². The van der Waals surface area contributed by atoms with Gasteiger partial charge in [-0.1, -0.05) is 30.3 Å². The van der Waals surface area contributed by atoms with E-state index < -0.39 is 17.7 Å². The van der Waals surface area contributed by atoms with Crippen LogP contribution in [-0.4, -0.2) is 23.6 Å². The van der Waals surface area contributed by atoms with Crippen molar-refractivity contribution in [2.75, 3.05) is 6.79 Å². The van der Waals surface area contributed by atoms with Gasteiger partial charge in [0.25, 0.3) is 0 Å². The minimum absolute atomic E-state index is 0.00848. The van der Waals surface area contributed by atoms with Gasteiger partial charge in [-0.05, 0) is 32.4 Å². The highest BCUT2D eigenvalue weighted by atomic mass is 16.7. The van der Waals surface area contributed by atoms with Gasteiger partial charge in [-0.25, -0.2) is 4.79 Å². The first-order chi connectivity index (χ1) is 11.8. The van der Waals surface area contributed by atoms with Crippen molar-refractivity contribution in [3.05, 3.63) is 53.6 Å². The normalized spacial score (nSPS) is 14.0. The first-order valence-corrected chi connectivity index (χ1v) is 8.00. The Labute approximate surface area is 146 Å². The number of ether oxygens (including phenoxy) is 3. The van der Waals surface area contributed by atoms with Crippen molar-refractivity contribution in [3.8, 4) is 17.2 Å². The average molecular weight is 343 g/mol. The molecule has 1 unspecified atom stereocenters. The van der Waals surface area contributed by atoms with Crippen molar-refractivity contribution in [2.24, 2.45) is 0 Å². The van der Waals surface area contributed by atoms with Gasteiger partial charge in [-0.3, -0.25) is 0 Å². The minimum Gasteiger partial charge on any atom is -0.507 e. The molecule has 6 nitrogen and oxygen atoms in total. The van der Waals surface area contributed by atoms with E-state index >= 15 is 0 Å². The largest absolute Gasteiger partial charge is 0.507 e. The van der Waals surface area contributed by atoms with Crippen LogP contribution in [-0.2, 0) is 4.74 Å². The first kappa shape index (κ1) is 17.0. The molecule has 6 heteroatoms. The summed E-state index contributed by atoms with van der Waals surface area (Å²) in [6, 6.07) is 11.9. The maximum Gasteiger partial charge on any atom is 0.408 e. The molecule has 3 rings (SSSR count). The van der Waals surface area contributed by atoms with Crippen LogP contribution in [0.25, 0.3) is 0 Å². The lowest BCUT2D eigenvalue weighted by Gasteiger charge is -2.24. The summed E-state index contributed by atoms with van der Waals surface area (Å²) in [4.78, 5) is 12.3. The van der Waals surface area contributed by atoms with Gasteiger partial charge in [-0.15, -0.1) is 0 Å². The molecule has 0 radical (unpaired) electrons. The highest BCUT2D eigenvalue weighted by Gasteiger charge is 2.26. The number of rotatable bonds is 3. The third-order valence-corrected chi connectivity index (χ3v) is 3.63. The zero-order valence-corrected chi connectivity index (χ0v) is 14.4. The Kier molecular flexibility index (Phi) is 4.44. The van der Waals surface area contributed by atoms with Crippen molar-refractivity contribution in [3.63, 3.8) is 0 Å². The summed E-state index contributed by atoms with van der Waals surface area (Å²) in [7, 11) is 0. The zero-order valence-electron chi connectivity index (χ0n) is 14.4. The van der Waals surface area contributed by atoms with Crippen molar-refractivity contribution >= 4 is 6.09 Å². The maximum atomic E-state index is 12.3. The van der Waals surface area contributed by atoms with Gasteiger partial charge in [0.05, 0.1) is 6.04 Å². The monoisotopic (exact) mass is 343 g/mol. The van der Waals surface area contributed by atoms with Crippen LogP contribution in [0.4, 0.5) is 4.79 Å². The Morgan fingerprint density at radius 1 is 1.16 bits per heavy atom. The molecule has 0 aromatic heterocycles. The van der Waals surface area contributed by atoms with Crippen molar-refractivity contribution in [2.45, 2.75) is 32.4 Å². The third kappa shape index (κ3) is 3.96. The molecule has 1 aliphatic heterocycles. The fourth-order valence-electron chi connectivity index (χ4n) is 2.59. The fourth-order valence-corrected chi connectivity index (χ4v) is 2.59. The van der Waals surface area contributed by atoms with Crippen molar-refractivity contribution < 1.29 is 24.1 Å². The van der Waals surface area contributed by atoms with Gasteiger partial charge >= 0.3 is 6.09 Å². The lowest BCUT2D eigenvalue weighted by molar-refractivity contribution is 0.0512. The number of alkyl carbamates (subject to hydrolysis) is 1. The summed E-state index contributed by atoms with van der Waals surface area (Å²) in [5.74, 6) is 1.01. The second-order valence-corrected chi connectivity index (χ2v) is 6.75. The molecule has 1 aliphatic rings. The molecular formula is C19H21NO5. The molecule has 0 saturated heterocycles. The predicted octanol–water partition coefficient (Wildman–Crippen LogP) is 3.74. The molecule has 2 aromatic rings. The van der Waals surface area contributed by atoms with E-state index in [0.29, 0.717) is 17.1 Å². The molecule has 1 amide bonds. The van der Waals surface area contributed by atoms with Crippen LogP contribution in [0.3, 0.4) is 0 Å². The van der Waals surface area contributed by atoms with Gasteiger partial charge in [0.15, 0.2) is 11.5 Å². The number of phenolic OH excluding ortho intramolecular Hbond substituents is 1. The highest BCUT2D eigenvalue weighted by Crippen LogP contribution is 2.41. The predicted molar refractivity (Wildman–Crippen MR) is 91.9 cm³/mol. The van der Waals surface area contributed by atoms with Crippen molar-refractivity contribution in [1.82, 2.24) is 5.32 Å². The number of benzene rings is 2. The van der Waals surface area contributed by atoms with E-state index in [0.717, 1.165) is 5.56 Å². The Morgan fingerprint density at radius 3 is 2.44 bits per heavy atom. The summed E-state index contributed by atoms with van der Waals surface area (Å²) in [6.07, 6.45) is -0.571. The lowest BCUT2D eigenvalue weighted by Crippen LogP contribution is -2.35. The molecule has 0 spiro atoms. The molecule has 0 saturated carbocycles. The van der Waals surface area contributed by atoms with Gasteiger partial charge in [0.1, 0.15) is 11.4 Å². The summed E-state index contributed by atoms with van der Waals surface area (Å²) in [5, 5.41) is 13.2. The summed E-state index contributed by atoms with van der Waals surface area (Å²) in [5.41, 5.74) is 0.686. The van der Waals surface area contributed by atoms with Gasteiger partial charge in [0.2, 0.25) is 6.79 Å². The van der Waals surface area contributed by atoms with Crippen LogP contribution < -0.4 is 14.8 Å². The standard InChI is InChI=1S/C19H21NO5/c1-19(2,3)25-18(22)20-17(12-7-5-4-6-8-12)13-9-15-16(10-14(13)21)24-11-23-15/h4-10,17,21H,11H2,1-3H3,(H,20,22). The van der Waals surface area contributed by atoms with E-state index in [1.165, 1.54) is 6.07 Å². The Hall–Kier alpha value is -2.89. The number of hydrogen-bond donors (Lipinski definition) is 2. The molecular weight excluding hydrogens is 322 g/mol. The molecule has 0 fully saturated rings. The summed E-state index contributed by atoms with van der Waals surface area (Å²) in [6.45, 7) is 5.49. The number of fused-ring (bicyclic) bond motifs is 1.